The normalized spacial score (nSPS) is 16.2. The van der Waals surface area contributed by atoms with Crippen LogP contribution in [0, 0.1) is 17.1 Å². The lowest BCUT2D eigenvalue weighted by Gasteiger charge is -2.31. The molecule has 0 aromatic heterocycles. The monoisotopic (exact) mass is 382 g/mol. The molecule has 1 amide bonds. The van der Waals surface area contributed by atoms with E-state index in [1.807, 2.05) is 0 Å². The van der Waals surface area contributed by atoms with Gasteiger partial charge in [-0.2, -0.15) is 5.26 Å². The minimum atomic E-state index is -0.863. The second-order valence-electron chi connectivity index (χ2n) is 5.50. The average Bonchev–Trinajstić information content (AvgIpc) is 2.53. The number of carbonyl (C=O) groups is 2. The summed E-state index contributed by atoms with van der Waals surface area (Å²) in [5.41, 5.74) is -0.732. The second kappa shape index (κ2) is 7.55. The SMILES string of the molecule is N#CC1(NC(=O)COC(=O)c2ccc(F)cc2Br)CCCCC1. The first kappa shape index (κ1) is 17.4. The molecule has 1 aliphatic rings. The highest BCUT2D eigenvalue weighted by molar-refractivity contribution is 9.10. The Balaban J connectivity index is 1.91. The van der Waals surface area contributed by atoms with Gasteiger partial charge in [-0.1, -0.05) is 19.3 Å². The third kappa shape index (κ3) is 4.52. The third-order valence-electron chi connectivity index (χ3n) is 3.79. The van der Waals surface area contributed by atoms with Gasteiger partial charge in [-0.25, -0.2) is 9.18 Å². The Morgan fingerprint density at radius 2 is 2.04 bits per heavy atom. The van der Waals surface area contributed by atoms with Gasteiger partial charge in [-0.3, -0.25) is 4.79 Å². The fourth-order valence-electron chi connectivity index (χ4n) is 2.59. The predicted molar refractivity (Wildman–Crippen MR) is 84.0 cm³/mol. The molecule has 1 aromatic carbocycles. The molecule has 0 spiro atoms. The summed E-state index contributed by atoms with van der Waals surface area (Å²) in [4.78, 5) is 23.8. The quantitative estimate of drug-likeness (QED) is 0.811. The van der Waals surface area contributed by atoms with Crippen LogP contribution in [0.25, 0.3) is 0 Å². The van der Waals surface area contributed by atoms with Gasteiger partial charge in [0.25, 0.3) is 5.91 Å². The fourth-order valence-corrected chi connectivity index (χ4v) is 3.10. The Morgan fingerprint density at radius 3 is 2.65 bits per heavy atom. The number of benzene rings is 1. The highest BCUT2D eigenvalue weighted by Gasteiger charge is 2.33. The summed E-state index contributed by atoms with van der Waals surface area (Å²) in [6, 6.07) is 5.71. The number of nitriles is 1. The van der Waals surface area contributed by atoms with Crippen molar-refractivity contribution in [1.29, 1.82) is 5.26 Å². The molecule has 7 heteroatoms. The Bertz CT molecular complexity index is 651. The van der Waals surface area contributed by atoms with Gasteiger partial charge in [0, 0.05) is 4.47 Å². The van der Waals surface area contributed by atoms with E-state index in [9.17, 15) is 19.2 Å². The van der Waals surface area contributed by atoms with Crippen molar-refractivity contribution >= 4 is 27.8 Å². The van der Waals surface area contributed by atoms with E-state index in [4.69, 9.17) is 4.74 Å². The zero-order valence-electron chi connectivity index (χ0n) is 12.4. The molecular formula is C16H16BrFN2O3. The van der Waals surface area contributed by atoms with E-state index in [0.29, 0.717) is 12.8 Å². The van der Waals surface area contributed by atoms with E-state index in [1.165, 1.54) is 6.07 Å². The van der Waals surface area contributed by atoms with Gasteiger partial charge in [0.2, 0.25) is 0 Å². The molecule has 0 aliphatic heterocycles. The van der Waals surface area contributed by atoms with Crippen molar-refractivity contribution in [2.75, 3.05) is 6.61 Å². The number of halogens is 2. The summed E-state index contributed by atoms with van der Waals surface area (Å²) in [6.45, 7) is -0.480. The zero-order valence-corrected chi connectivity index (χ0v) is 14.0. The number of hydrogen-bond donors (Lipinski definition) is 1. The Hall–Kier alpha value is -1.94. The van der Waals surface area contributed by atoms with Gasteiger partial charge in [0.15, 0.2) is 6.61 Å². The van der Waals surface area contributed by atoms with Gasteiger partial charge in [-0.15, -0.1) is 0 Å². The van der Waals surface area contributed by atoms with Gasteiger partial charge >= 0.3 is 5.97 Å². The Kier molecular flexibility index (Phi) is 5.72. The minimum Gasteiger partial charge on any atom is -0.452 e. The summed E-state index contributed by atoms with van der Waals surface area (Å²) < 4.78 is 18.2. The maximum atomic E-state index is 13.0. The van der Waals surface area contributed by atoms with Crippen molar-refractivity contribution in [2.45, 2.75) is 37.6 Å². The maximum absolute atomic E-state index is 13.0. The molecule has 0 saturated heterocycles. The van der Waals surface area contributed by atoms with E-state index < -0.39 is 29.8 Å². The molecule has 0 bridgehead atoms. The maximum Gasteiger partial charge on any atom is 0.339 e. The molecule has 1 aromatic rings. The largest absolute Gasteiger partial charge is 0.452 e. The van der Waals surface area contributed by atoms with Crippen LogP contribution in [0.15, 0.2) is 22.7 Å². The van der Waals surface area contributed by atoms with Crippen LogP contribution in [-0.4, -0.2) is 24.0 Å². The molecule has 0 radical (unpaired) electrons. The van der Waals surface area contributed by atoms with E-state index in [-0.39, 0.29) is 10.0 Å². The molecule has 23 heavy (non-hydrogen) atoms. The number of hydrogen-bond acceptors (Lipinski definition) is 4. The lowest BCUT2D eigenvalue weighted by molar-refractivity contribution is -0.125. The molecule has 1 fully saturated rings. The molecule has 0 heterocycles. The fraction of sp³-hybridized carbons (Fsp3) is 0.438. The number of nitrogens with zero attached hydrogens (tertiary/aromatic N) is 1. The molecule has 122 valence electrons. The van der Waals surface area contributed by atoms with Crippen molar-refractivity contribution in [3.05, 3.63) is 34.1 Å². The van der Waals surface area contributed by atoms with Crippen molar-refractivity contribution in [2.24, 2.45) is 0 Å². The zero-order chi connectivity index (χ0) is 16.9. The van der Waals surface area contributed by atoms with Crippen LogP contribution in [0.1, 0.15) is 42.5 Å². The molecule has 1 saturated carbocycles. The van der Waals surface area contributed by atoms with Crippen LogP contribution in [0.3, 0.4) is 0 Å². The van der Waals surface area contributed by atoms with Crippen LogP contribution in [0.2, 0.25) is 0 Å². The molecule has 1 N–H and O–H groups in total. The van der Waals surface area contributed by atoms with E-state index in [1.54, 1.807) is 0 Å². The Morgan fingerprint density at radius 1 is 1.35 bits per heavy atom. The van der Waals surface area contributed by atoms with Crippen LogP contribution < -0.4 is 5.32 Å². The van der Waals surface area contributed by atoms with Gasteiger partial charge in [-0.05, 0) is 47.0 Å². The third-order valence-corrected chi connectivity index (χ3v) is 4.44. The average molecular weight is 383 g/mol. The first-order valence-electron chi connectivity index (χ1n) is 7.30. The van der Waals surface area contributed by atoms with Crippen molar-refractivity contribution in [3.63, 3.8) is 0 Å². The molecule has 0 unspecified atom stereocenters. The molecular weight excluding hydrogens is 367 g/mol. The summed E-state index contributed by atoms with van der Waals surface area (Å²) in [6.07, 6.45) is 4.03. The van der Waals surface area contributed by atoms with Gasteiger partial charge in [0.1, 0.15) is 11.4 Å². The van der Waals surface area contributed by atoms with Crippen LogP contribution in [0.4, 0.5) is 4.39 Å². The van der Waals surface area contributed by atoms with Crippen LogP contribution >= 0.6 is 15.9 Å². The lowest BCUT2D eigenvalue weighted by atomic mass is 9.83. The van der Waals surface area contributed by atoms with Crippen LogP contribution in [-0.2, 0) is 9.53 Å². The highest BCUT2D eigenvalue weighted by atomic mass is 79.9. The smallest absolute Gasteiger partial charge is 0.339 e. The highest BCUT2D eigenvalue weighted by Crippen LogP contribution is 2.27. The predicted octanol–water partition coefficient (Wildman–Crippen LogP) is 3.09. The van der Waals surface area contributed by atoms with Gasteiger partial charge in [0.05, 0.1) is 11.6 Å². The second-order valence-corrected chi connectivity index (χ2v) is 6.36. The standard InChI is InChI=1S/C16H16BrFN2O3/c17-13-8-11(18)4-5-12(13)15(22)23-9-14(21)20-16(10-19)6-2-1-3-7-16/h4-5,8H,1-3,6-7,9H2,(H,20,21). The number of nitrogens with one attached hydrogen (secondary N) is 1. The van der Waals surface area contributed by atoms with Crippen LogP contribution in [0.5, 0.6) is 0 Å². The summed E-state index contributed by atoms with van der Waals surface area (Å²) in [5, 5.41) is 12.0. The molecule has 2 rings (SSSR count). The summed E-state index contributed by atoms with van der Waals surface area (Å²) >= 11 is 3.07. The summed E-state index contributed by atoms with van der Waals surface area (Å²) in [7, 11) is 0. The topological polar surface area (TPSA) is 79.2 Å². The lowest BCUT2D eigenvalue weighted by Crippen LogP contribution is -2.50. The van der Waals surface area contributed by atoms with Crippen molar-refractivity contribution in [3.8, 4) is 6.07 Å². The number of amides is 1. The first-order valence-corrected chi connectivity index (χ1v) is 8.09. The van der Waals surface area contributed by atoms with Crippen molar-refractivity contribution in [1.82, 2.24) is 5.32 Å². The number of rotatable bonds is 4. The van der Waals surface area contributed by atoms with Gasteiger partial charge < -0.3 is 10.1 Å². The number of ether oxygens (including phenoxy) is 1. The first-order chi connectivity index (χ1) is 11.0. The van der Waals surface area contributed by atoms with E-state index in [0.717, 1.165) is 31.4 Å². The summed E-state index contributed by atoms with van der Waals surface area (Å²) in [5.74, 6) is -1.74. The van der Waals surface area contributed by atoms with Crippen molar-refractivity contribution < 1.29 is 18.7 Å². The number of esters is 1. The molecule has 1 aliphatic carbocycles. The number of carbonyl (C=O) groups excluding carboxylic acids is 2. The van der Waals surface area contributed by atoms with E-state index >= 15 is 0 Å². The molecule has 5 nitrogen and oxygen atoms in total. The molecule has 0 atom stereocenters. The Labute approximate surface area is 141 Å². The minimum absolute atomic E-state index is 0.131. The van der Waals surface area contributed by atoms with E-state index in [2.05, 4.69) is 27.3 Å².